The maximum Gasteiger partial charge on any atom is 0.258 e. The molecule has 2 aromatic carbocycles. The van der Waals surface area contributed by atoms with E-state index in [9.17, 15) is 13.2 Å². The predicted molar refractivity (Wildman–Crippen MR) is 115 cm³/mol. The molecule has 0 radical (unpaired) electrons. The van der Waals surface area contributed by atoms with Crippen molar-refractivity contribution in [2.24, 2.45) is 0 Å². The second-order valence-electron chi connectivity index (χ2n) is 6.61. The molecule has 0 bridgehead atoms. The lowest BCUT2D eigenvalue weighted by molar-refractivity contribution is 0.102. The van der Waals surface area contributed by atoms with E-state index in [1.54, 1.807) is 19.1 Å². The number of sulfone groups is 1. The smallest absolute Gasteiger partial charge is 0.258 e. The number of carbonyl (C=O) groups is 1. The van der Waals surface area contributed by atoms with Crippen molar-refractivity contribution >= 4 is 32.2 Å². The third-order valence-electron chi connectivity index (χ3n) is 4.33. The lowest BCUT2D eigenvalue weighted by Gasteiger charge is -2.09. The number of rotatable bonds is 9. The first kappa shape index (κ1) is 21.1. The number of aromatic nitrogens is 2. The normalized spacial score (nSPS) is 11.3. The number of nitrogens with zero attached hydrogens (tertiary/aromatic N) is 2. The Hall–Kier alpha value is -2.58. The van der Waals surface area contributed by atoms with Gasteiger partial charge in [-0.3, -0.25) is 10.1 Å². The molecule has 6 nitrogen and oxygen atoms in total. The van der Waals surface area contributed by atoms with Crippen LogP contribution in [0.3, 0.4) is 0 Å². The Kier molecular flexibility index (Phi) is 7.11. The molecule has 152 valence electrons. The second-order valence-corrected chi connectivity index (χ2v) is 9.75. The summed E-state index contributed by atoms with van der Waals surface area (Å²) < 4.78 is 24.9. The van der Waals surface area contributed by atoms with E-state index in [0.29, 0.717) is 11.6 Å². The highest BCUT2D eigenvalue weighted by molar-refractivity contribution is 7.91. The van der Waals surface area contributed by atoms with E-state index in [0.717, 1.165) is 24.3 Å². The molecule has 0 fully saturated rings. The van der Waals surface area contributed by atoms with Gasteiger partial charge in [0.2, 0.25) is 5.13 Å². The number of aryl methyl sites for hydroxylation is 2. The molecule has 0 saturated carbocycles. The van der Waals surface area contributed by atoms with Crippen LogP contribution in [0.25, 0.3) is 0 Å². The SMILES string of the molecule is CCCS(=O)(=O)c1ccccc1C(=O)Nc1nnc(CCCc2ccccc2)s1. The van der Waals surface area contributed by atoms with Gasteiger partial charge in [0.05, 0.1) is 16.2 Å². The molecule has 1 N–H and O–H groups in total. The largest absolute Gasteiger partial charge is 0.296 e. The van der Waals surface area contributed by atoms with Gasteiger partial charge < -0.3 is 0 Å². The van der Waals surface area contributed by atoms with Gasteiger partial charge in [0, 0.05) is 6.42 Å². The summed E-state index contributed by atoms with van der Waals surface area (Å²) in [6.45, 7) is 1.79. The van der Waals surface area contributed by atoms with Gasteiger partial charge in [-0.05, 0) is 37.0 Å². The Labute approximate surface area is 174 Å². The molecule has 1 aromatic heterocycles. The van der Waals surface area contributed by atoms with Crippen molar-refractivity contribution in [1.29, 1.82) is 0 Å². The highest BCUT2D eigenvalue weighted by Gasteiger charge is 2.22. The lowest BCUT2D eigenvalue weighted by Crippen LogP contribution is -2.17. The minimum atomic E-state index is -3.50. The molecule has 0 unspecified atom stereocenters. The number of nitrogens with one attached hydrogen (secondary N) is 1. The molecule has 0 spiro atoms. The number of benzene rings is 2. The van der Waals surface area contributed by atoms with Crippen molar-refractivity contribution < 1.29 is 13.2 Å². The van der Waals surface area contributed by atoms with E-state index in [-0.39, 0.29) is 16.2 Å². The van der Waals surface area contributed by atoms with E-state index in [4.69, 9.17) is 0 Å². The molecule has 0 aliphatic carbocycles. The molecule has 0 aliphatic heterocycles. The second kappa shape index (κ2) is 9.76. The summed E-state index contributed by atoms with van der Waals surface area (Å²) in [7, 11) is -3.50. The quantitative estimate of drug-likeness (QED) is 0.552. The summed E-state index contributed by atoms with van der Waals surface area (Å²) in [5.74, 6) is -0.492. The molecular weight excluding hydrogens is 406 g/mol. The minimum Gasteiger partial charge on any atom is -0.296 e. The van der Waals surface area contributed by atoms with Crippen LogP contribution in [0.5, 0.6) is 0 Å². The Bertz CT molecular complexity index is 1060. The van der Waals surface area contributed by atoms with Crippen molar-refractivity contribution in [1.82, 2.24) is 10.2 Å². The summed E-state index contributed by atoms with van der Waals surface area (Å²) in [6, 6.07) is 16.5. The summed E-state index contributed by atoms with van der Waals surface area (Å²) in [4.78, 5) is 12.7. The number of amides is 1. The molecule has 3 rings (SSSR count). The van der Waals surface area contributed by atoms with Crippen molar-refractivity contribution in [3.63, 3.8) is 0 Å². The molecule has 1 heterocycles. The van der Waals surface area contributed by atoms with E-state index in [2.05, 4.69) is 27.6 Å². The molecule has 1 amide bonds. The molecule has 0 saturated heterocycles. The van der Waals surface area contributed by atoms with Crippen LogP contribution in [-0.4, -0.2) is 30.3 Å². The molecule has 3 aromatic rings. The van der Waals surface area contributed by atoms with Gasteiger partial charge in [0.15, 0.2) is 9.84 Å². The fourth-order valence-corrected chi connectivity index (χ4v) is 5.28. The highest BCUT2D eigenvalue weighted by atomic mass is 32.2. The van der Waals surface area contributed by atoms with E-state index in [1.165, 1.54) is 29.0 Å². The zero-order valence-electron chi connectivity index (χ0n) is 16.2. The zero-order chi connectivity index (χ0) is 20.7. The van der Waals surface area contributed by atoms with Crippen molar-refractivity contribution in [2.45, 2.75) is 37.5 Å². The summed E-state index contributed by atoms with van der Waals surface area (Å²) >= 11 is 1.31. The van der Waals surface area contributed by atoms with Crippen LogP contribution >= 0.6 is 11.3 Å². The number of hydrogen-bond acceptors (Lipinski definition) is 6. The maximum absolute atomic E-state index is 12.7. The van der Waals surface area contributed by atoms with Gasteiger partial charge in [0.1, 0.15) is 5.01 Å². The monoisotopic (exact) mass is 429 g/mol. The van der Waals surface area contributed by atoms with Gasteiger partial charge in [0.25, 0.3) is 5.91 Å². The van der Waals surface area contributed by atoms with Gasteiger partial charge in [-0.15, -0.1) is 10.2 Å². The fourth-order valence-electron chi connectivity index (χ4n) is 2.96. The Morgan fingerprint density at radius 3 is 2.48 bits per heavy atom. The van der Waals surface area contributed by atoms with Crippen molar-refractivity contribution in [2.75, 3.05) is 11.1 Å². The fraction of sp³-hybridized carbons (Fsp3) is 0.286. The molecule has 0 atom stereocenters. The van der Waals surface area contributed by atoms with Crippen LogP contribution in [0.2, 0.25) is 0 Å². The van der Waals surface area contributed by atoms with Gasteiger partial charge >= 0.3 is 0 Å². The van der Waals surface area contributed by atoms with Crippen LogP contribution in [0, 0.1) is 0 Å². The summed E-state index contributed by atoms with van der Waals surface area (Å²) in [5, 5.41) is 12.0. The average molecular weight is 430 g/mol. The third-order valence-corrected chi connectivity index (χ3v) is 7.20. The van der Waals surface area contributed by atoms with E-state index >= 15 is 0 Å². The van der Waals surface area contributed by atoms with Crippen molar-refractivity contribution in [3.8, 4) is 0 Å². The van der Waals surface area contributed by atoms with E-state index in [1.807, 2.05) is 18.2 Å². The summed E-state index contributed by atoms with van der Waals surface area (Å²) in [6.07, 6.45) is 3.14. The first-order chi connectivity index (χ1) is 14.0. The number of anilines is 1. The van der Waals surface area contributed by atoms with Crippen molar-refractivity contribution in [3.05, 3.63) is 70.7 Å². The van der Waals surface area contributed by atoms with Crippen LogP contribution < -0.4 is 5.32 Å². The number of hydrogen-bond donors (Lipinski definition) is 1. The van der Waals surface area contributed by atoms with Gasteiger partial charge in [-0.1, -0.05) is 60.7 Å². The molecule has 8 heteroatoms. The van der Waals surface area contributed by atoms with Crippen LogP contribution in [-0.2, 0) is 22.7 Å². The van der Waals surface area contributed by atoms with Crippen LogP contribution in [0.1, 0.15) is 40.7 Å². The van der Waals surface area contributed by atoms with Crippen LogP contribution in [0.4, 0.5) is 5.13 Å². The Morgan fingerprint density at radius 2 is 1.72 bits per heavy atom. The lowest BCUT2D eigenvalue weighted by atomic mass is 10.1. The molecule has 29 heavy (non-hydrogen) atoms. The maximum atomic E-state index is 12.7. The third kappa shape index (κ3) is 5.71. The highest BCUT2D eigenvalue weighted by Crippen LogP contribution is 2.22. The molecule has 0 aliphatic rings. The minimum absolute atomic E-state index is 0.00165. The Morgan fingerprint density at radius 1 is 1.00 bits per heavy atom. The predicted octanol–water partition coefficient (Wildman–Crippen LogP) is 4.15. The average Bonchev–Trinajstić information content (AvgIpc) is 3.16. The van der Waals surface area contributed by atoms with Gasteiger partial charge in [-0.25, -0.2) is 8.42 Å². The topological polar surface area (TPSA) is 89.0 Å². The molecular formula is C21H23N3O3S2. The zero-order valence-corrected chi connectivity index (χ0v) is 17.8. The first-order valence-electron chi connectivity index (χ1n) is 9.49. The Balaban J connectivity index is 1.64. The first-order valence-corrected chi connectivity index (χ1v) is 12.0. The van der Waals surface area contributed by atoms with Gasteiger partial charge in [-0.2, -0.15) is 0 Å². The standard InChI is InChI=1S/C21H23N3O3S2/c1-2-15-29(26,27)18-13-7-6-12-17(18)20(25)22-21-24-23-19(28-21)14-8-11-16-9-4-3-5-10-16/h3-7,9-10,12-13H,2,8,11,14-15H2,1H3,(H,22,24,25). The van der Waals surface area contributed by atoms with E-state index < -0.39 is 15.7 Å². The summed E-state index contributed by atoms with van der Waals surface area (Å²) in [5.41, 5.74) is 1.40. The van der Waals surface area contributed by atoms with Crippen LogP contribution in [0.15, 0.2) is 59.5 Å². The number of carbonyl (C=O) groups excluding carboxylic acids is 1.